The number of hydrogen-bond donors (Lipinski definition) is 1. The zero-order valence-electron chi connectivity index (χ0n) is 9.98. The van der Waals surface area contributed by atoms with Crippen LogP contribution >= 0.6 is 24.0 Å². The molecule has 4 heteroatoms. The summed E-state index contributed by atoms with van der Waals surface area (Å²) in [7, 11) is 2.12. The first-order valence-electron chi connectivity index (χ1n) is 6.34. The molecule has 92 valence electrons. The fourth-order valence-corrected chi connectivity index (χ4v) is 2.90. The number of halogens is 1. The molecule has 0 saturated heterocycles. The van der Waals surface area contributed by atoms with E-state index in [9.17, 15) is 0 Å². The molecule has 0 aromatic carbocycles. The highest BCUT2D eigenvalue weighted by Crippen LogP contribution is 2.51. The highest BCUT2D eigenvalue weighted by molar-refractivity contribution is 14.0. The molecule has 2 saturated carbocycles. The summed E-state index contributed by atoms with van der Waals surface area (Å²) in [6, 6.07) is 0. The van der Waals surface area contributed by atoms with Crippen molar-refractivity contribution in [3.8, 4) is 0 Å². The van der Waals surface area contributed by atoms with Gasteiger partial charge in [-0.2, -0.15) is 0 Å². The normalized spacial score (nSPS) is 32.8. The smallest absolute Gasteiger partial charge is 0.193 e. The number of aliphatic imine (C=N–C) groups is 1. The van der Waals surface area contributed by atoms with Gasteiger partial charge in [-0.3, -0.25) is 4.99 Å². The van der Waals surface area contributed by atoms with E-state index in [0.717, 1.165) is 43.3 Å². The van der Waals surface area contributed by atoms with Crippen LogP contribution in [0.5, 0.6) is 0 Å². The second-order valence-corrected chi connectivity index (χ2v) is 5.36. The van der Waals surface area contributed by atoms with E-state index in [2.05, 4.69) is 22.3 Å². The SMILES string of the molecule is CN1CCN=C1NC[C@@H]1C[C@H]1C1CCC1.I. The lowest BCUT2D eigenvalue weighted by Gasteiger charge is -2.25. The van der Waals surface area contributed by atoms with Crippen LogP contribution in [0.2, 0.25) is 0 Å². The largest absolute Gasteiger partial charge is 0.356 e. The molecule has 0 aromatic heterocycles. The predicted octanol–water partition coefficient (Wildman–Crippen LogP) is 1.93. The average Bonchev–Trinajstić information content (AvgIpc) is 2.75. The van der Waals surface area contributed by atoms with Crippen LogP contribution in [-0.4, -0.2) is 37.5 Å². The third kappa shape index (κ3) is 2.46. The number of likely N-dealkylation sites (N-methyl/N-ethyl adjacent to an activating group) is 1. The molecule has 1 N–H and O–H groups in total. The fourth-order valence-electron chi connectivity index (χ4n) is 2.90. The van der Waals surface area contributed by atoms with Crippen LogP contribution in [0, 0.1) is 17.8 Å². The number of nitrogens with zero attached hydrogens (tertiary/aromatic N) is 2. The van der Waals surface area contributed by atoms with E-state index < -0.39 is 0 Å². The van der Waals surface area contributed by atoms with Gasteiger partial charge in [0.15, 0.2) is 5.96 Å². The molecule has 0 bridgehead atoms. The number of nitrogens with one attached hydrogen (secondary N) is 1. The van der Waals surface area contributed by atoms with Gasteiger partial charge in [0, 0.05) is 20.1 Å². The van der Waals surface area contributed by atoms with E-state index in [1.54, 1.807) is 0 Å². The molecule has 0 unspecified atom stereocenters. The zero-order chi connectivity index (χ0) is 10.3. The summed E-state index contributed by atoms with van der Waals surface area (Å²) in [4.78, 5) is 6.67. The van der Waals surface area contributed by atoms with Crippen molar-refractivity contribution in [3.63, 3.8) is 0 Å². The van der Waals surface area contributed by atoms with E-state index >= 15 is 0 Å². The van der Waals surface area contributed by atoms with Crippen molar-refractivity contribution in [1.29, 1.82) is 0 Å². The Hall–Kier alpha value is 0. The summed E-state index contributed by atoms with van der Waals surface area (Å²) < 4.78 is 0. The van der Waals surface area contributed by atoms with Crippen LogP contribution in [0.25, 0.3) is 0 Å². The molecular weight excluding hydrogens is 313 g/mol. The maximum Gasteiger partial charge on any atom is 0.193 e. The van der Waals surface area contributed by atoms with Crippen molar-refractivity contribution in [3.05, 3.63) is 0 Å². The minimum Gasteiger partial charge on any atom is -0.356 e. The monoisotopic (exact) mass is 335 g/mol. The molecule has 1 aliphatic heterocycles. The quantitative estimate of drug-likeness (QED) is 0.798. The van der Waals surface area contributed by atoms with E-state index in [0.29, 0.717) is 0 Å². The molecule has 0 aromatic rings. The van der Waals surface area contributed by atoms with Crippen LogP contribution in [0.1, 0.15) is 25.7 Å². The third-order valence-electron chi connectivity index (χ3n) is 4.31. The Morgan fingerprint density at radius 3 is 2.81 bits per heavy atom. The molecule has 2 fully saturated rings. The molecule has 2 aliphatic carbocycles. The minimum atomic E-state index is 0. The maximum atomic E-state index is 4.45. The van der Waals surface area contributed by atoms with E-state index in [1.165, 1.54) is 25.7 Å². The van der Waals surface area contributed by atoms with Gasteiger partial charge in [-0.1, -0.05) is 19.3 Å². The molecule has 0 amide bonds. The molecular formula is C12H22IN3. The Bertz CT molecular complexity index is 275. The van der Waals surface area contributed by atoms with Gasteiger partial charge in [0.25, 0.3) is 0 Å². The van der Waals surface area contributed by atoms with Gasteiger partial charge in [-0.15, -0.1) is 24.0 Å². The summed E-state index contributed by atoms with van der Waals surface area (Å²) in [6.07, 6.45) is 5.95. The first-order chi connectivity index (χ1) is 7.34. The van der Waals surface area contributed by atoms with Gasteiger partial charge in [-0.05, 0) is 24.2 Å². The molecule has 1 heterocycles. The highest BCUT2D eigenvalue weighted by Gasteiger charge is 2.44. The van der Waals surface area contributed by atoms with Crippen molar-refractivity contribution < 1.29 is 0 Å². The topological polar surface area (TPSA) is 27.6 Å². The lowest BCUT2D eigenvalue weighted by Crippen LogP contribution is -2.37. The molecule has 3 nitrogen and oxygen atoms in total. The Morgan fingerprint density at radius 2 is 2.25 bits per heavy atom. The van der Waals surface area contributed by atoms with Crippen LogP contribution < -0.4 is 5.32 Å². The maximum absolute atomic E-state index is 4.45. The van der Waals surface area contributed by atoms with Crippen LogP contribution in [0.4, 0.5) is 0 Å². The van der Waals surface area contributed by atoms with E-state index in [-0.39, 0.29) is 24.0 Å². The van der Waals surface area contributed by atoms with Crippen LogP contribution in [0.15, 0.2) is 4.99 Å². The van der Waals surface area contributed by atoms with Gasteiger partial charge in [0.05, 0.1) is 6.54 Å². The van der Waals surface area contributed by atoms with Gasteiger partial charge >= 0.3 is 0 Å². The molecule has 2 atom stereocenters. The first-order valence-corrected chi connectivity index (χ1v) is 6.34. The Labute approximate surface area is 115 Å². The van der Waals surface area contributed by atoms with Crippen molar-refractivity contribution in [2.75, 3.05) is 26.7 Å². The molecule has 16 heavy (non-hydrogen) atoms. The lowest BCUT2D eigenvalue weighted by molar-refractivity contribution is 0.265. The molecule has 3 rings (SSSR count). The Kier molecular flexibility index (Phi) is 3.97. The second-order valence-electron chi connectivity index (χ2n) is 5.36. The van der Waals surface area contributed by atoms with Gasteiger partial charge in [-0.25, -0.2) is 0 Å². The Balaban J connectivity index is 0.000000963. The minimum absolute atomic E-state index is 0. The second kappa shape index (κ2) is 5.10. The molecule has 0 radical (unpaired) electrons. The third-order valence-corrected chi connectivity index (χ3v) is 4.31. The van der Waals surface area contributed by atoms with Crippen LogP contribution in [0.3, 0.4) is 0 Å². The molecule has 0 spiro atoms. The number of rotatable bonds is 3. The van der Waals surface area contributed by atoms with Crippen molar-refractivity contribution in [2.24, 2.45) is 22.7 Å². The summed E-state index contributed by atoms with van der Waals surface area (Å²) >= 11 is 0. The first kappa shape index (κ1) is 12.5. The summed E-state index contributed by atoms with van der Waals surface area (Å²) in [5.41, 5.74) is 0. The van der Waals surface area contributed by atoms with Crippen molar-refractivity contribution in [1.82, 2.24) is 10.2 Å². The Morgan fingerprint density at radius 1 is 1.44 bits per heavy atom. The zero-order valence-corrected chi connectivity index (χ0v) is 12.3. The van der Waals surface area contributed by atoms with E-state index in [4.69, 9.17) is 0 Å². The summed E-state index contributed by atoms with van der Waals surface area (Å²) in [5.74, 6) is 4.21. The van der Waals surface area contributed by atoms with Gasteiger partial charge < -0.3 is 10.2 Å². The van der Waals surface area contributed by atoms with Gasteiger partial charge in [0.2, 0.25) is 0 Å². The van der Waals surface area contributed by atoms with Crippen molar-refractivity contribution >= 4 is 29.9 Å². The fraction of sp³-hybridized carbons (Fsp3) is 0.917. The summed E-state index contributed by atoms with van der Waals surface area (Å²) in [5, 5.41) is 3.50. The average molecular weight is 335 g/mol. The molecule has 3 aliphatic rings. The van der Waals surface area contributed by atoms with Crippen molar-refractivity contribution in [2.45, 2.75) is 25.7 Å². The highest BCUT2D eigenvalue weighted by atomic mass is 127. The summed E-state index contributed by atoms with van der Waals surface area (Å²) in [6.45, 7) is 3.21. The van der Waals surface area contributed by atoms with Crippen LogP contribution in [-0.2, 0) is 0 Å². The lowest BCUT2D eigenvalue weighted by atomic mass is 9.81. The number of hydrogen-bond acceptors (Lipinski definition) is 3. The van der Waals surface area contributed by atoms with Gasteiger partial charge in [0.1, 0.15) is 0 Å². The number of guanidine groups is 1. The van der Waals surface area contributed by atoms with E-state index in [1.807, 2.05) is 0 Å². The standard InChI is InChI=1S/C12H21N3.HI/c1-15-6-5-13-12(15)14-8-10-7-11(10)9-3-2-4-9;/h9-11H,2-8H2,1H3,(H,13,14);1H/t10-,11-;/m0./s1. The predicted molar refractivity (Wildman–Crippen MR) is 77.3 cm³/mol.